The van der Waals surface area contributed by atoms with Crippen molar-refractivity contribution in [3.8, 4) is 5.75 Å². The maximum Gasteiger partial charge on any atom is 0.138 e. The summed E-state index contributed by atoms with van der Waals surface area (Å²) in [6.45, 7) is 3.31. The summed E-state index contributed by atoms with van der Waals surface area (Å²) in [4.78, 5) is 2.49. The number of aromatic hydroxyl groups is 1. The van der Waals surface area contributed by atoms with Crippen molar-refractivity contribution in [3.05, 3.63) is 23.8 Å². The molecule has 1 aliphatic heterocycles. The Balaban J connectivity index is 1.95. The molecule has 0 amide bonds. The van der Waals surface area contributed by atoms with Crippen molar-refractivity contribution in [2.45, 2.75) is 38.6 Å². The Labute approximate surface area is 103 Å². The monoisotopic (exact) mass is 234 g/mol. The van der Waals surface area contributed by atoms with Crippen molar-refractivity contribution in [1.82, 2.24) is 4.90 Å². The SMILES string of the molecule is Nc1cc(CN2CCCCCCC2)ccc1O. The molecule has 1 fully saturated rings. The van der Waals surface area contributed by atoms with E-state index in [-0.39, 0.29) is 5.75 Å². The van der Waals surface area contributed by atoms with E-state index in [0.29, 0.717) is 5.69 Å². The number of hydrogen-bond donors (Lipinski definition) is 2. The van der Waals surface area contributed by atoms with Crippen LogP contribution in [0.3, 0.4) is 0 Å². The zero-order chi connectivity index (χ0) is 12.1. The molecule has 0 aromatic heterocycles. The van der Waals surface area contributed by atoms with E-state index in [4.69, 9.17) is 5.73 Å². The minimum absolute atomic E-state index is 0.182. The molecule has 94 valence electrons. The van der Waals surface area contributed by atoms with Crippen LogP contribution >= 0.6 is 0 Å². The average Bonchev–Trinajstić information content (AvgIpc) is 2.27. The number of nitrogen functional groups attached to an aromatic ring is 1. The van der Waals surface area contributed by atoms with Gasteiger partial charge in [0.15, 0.2) is 0 Å². The van der Waals surface area contributed by atoms with Crippen LogP contribution < -0.4 is 5.73 Å². The third-order valence-electron chi connectivity index (χ3n) is 3.45. The van der Waals surface area contributed by atoms with Crippen molar-refractivity contribution >= 4 is 5.69 Å². The number of hydrogen-bond acceptors (Lipinski definition) is 3. The maximum absolute atomic E-state index is 9.39. The summed E-state index contributed by atoms with van der Waals surface area (Å²) in [6.07, 6.45) is 6.70. The summed E-state index contributed by atoms with van der Waals surface area (Å²) in [5.41, 5.74) is 7.39. The molecule has 3 nitrogen and oxygen atoms in total. The molecule has 3 N–H and O–H groups in total. The van der Waals surface area contributed by atoms with Crippen molar-refractivity contribution in [2.24, 2.45) is 0 Å². The lowest BCUT2D eigenvalue weighted by Gasteiger charge is -2.24. The van der Waals surface area contributed by atoms with Gasteiger partial charge in [-0.25, -0.2) is 0 Å². The fourth-order valence-corrected chi connectivity index (χ4v) is 2.43. The average molecular weight is 234 g/mol. The zero-order valence-corrected chi connectivity index (χ0v) is 10.4. The molecule has 1 aromatic carbocycles. The van der Waals surface area contributed by atoms with Gasteiger partial charge in [0.05, 0.1) is 5.69 Å². The molecule has 1 aliphatic rings. The molecule has 0 saturated carbocycles. The van der Waals surface area contributed by atoms with Gasteiger partial charge in [0.1, 0.15) is 5.75 Å². The Morgan fingerprint density at radius 2 is 1.71 bits per heavy atom. The Hall–Kier alpha value is -1.22. The Morgan fingerprint density at radius 1 is 1.06 bits per heavy atom. The van der Waals surface area contributed by atoms with Crippen LogP contribution in [-0.2, 0) is 6.54 Å². The van der Waals surface area contributed by atoms with Gasteiger partial charge in [0, 0.05) is 6.54 Å². The molecule has 1 heterocycles. The second-order valence-electron chi connectivity index (χ2n) is 4.94. The number of anilines is 1. The first-order chi connectivity index (χ1) is 8.25. The molecule has 0 spiro atoms. The Kier molecular flexibility index (Phi) is 4.26. The van der Waals surface area contributed by atoms with E-state index in [9.17, 15) is 5.11 Å². The summed E-state index contributed by atoms with van der Waals surface area (Å²) < 4.78 is 0. The quantitative estimate of drug-likeness (QED) is 0.611. The van der Waals surface area contributed by atoms with Gasteiger partial charge in [0.2, 0.25) is 0 Å². The molecule has 3 heteroatoms. The van der Waals surface area contributed by atoms with Gasteiger partial charge in [-0.3, -0.25) is 4.90 Å². The standard InChI is InChI=1S/C14H22N2O/c15-13-10-12(6-7-14(13)17)11-16-8-4-2-1-3-5-9-16/h6-7,10,17H,1-5,8-9,11,15H2. The van der Waals surface area contributed by atoms with Gasteiger partial charge in [-0.1, -0.05) is 25.3 Å². The molecule has 0 radical (unpaired) electrons. The minimum Gasteiger partial charge on any atom is -0.506 e. The lowest BCUT2D eigenvalue weighted by Crippen LogP contribution is -2.26. The van der Waals surface area contributed by atoms with E-state index in [1.165, 1.54) is 50.8 Å². The van der Waals surface area contributed by atoms with Crippen LogP contribution in [0.5, 0.6) is 5.75 Å². The predicted molar refractivity (Wildman–Crippen MR) is 70.9 cm³/mol. The summed E-state index contributed by atoms with van der Waals surface area (Å²) in [5.74, 6) is 0.182. The second kappa shape index (κ2) is 5.92. The van der Waals surface area contributed by atoms with Gasteiger partial charge in [-0.15, -0.1) is 0 Å². The number of likely N-dealkylation sites (tertiary alicyclic amines) is 1. The highest BCUT2D eigenvalue weighted by Gasteiger charge is 2.09. The molecule has 1 aromatic rings. The van der Waals surface area contributed by atoms with Crippen molar-refractivity contribution in [1.29, 1.82) is 0 Å². The normalized spacial score (nSPS) is 18.6. The van der Waals surface area contributed by atoms with E-state index in [1.807, 2.05) is 12.1 Å². The smallest absolute Gasteiger partial charge is 0.138 e. The van der Waals surface area contributed by atoms with Crippen LogP contribution in [-0.4, -0.2) is 23.1 Å². The molecular weight excluding hydrogens is 212 g/mol. The molecular formula is C14H22N2O. The van der Waals surface area contributed by atoms with Crippen LogP contribution in [0.4, 0.5) is 5.69 Å². The maximum atomic E-state index is 9.39. The van der Waals surface area contributed by atoms with E-state index < -0.39 is 0 Å². The summed E-state index contributed by atoms with van der Waals surface area (Å²) in [6, 6.07) is 5.53. The lowest BCUT2D eigenvalue weighted by molar-refractivity contribution is 0.240. The second-order valence-corrected chi connectivity index (χ2v) is 4.94. The van der Waals surface area contributed by atoms with E-state index in [1.54, 1.807) is 6.07 Å². The highest BCUT2D eigenvalue weighted by molar-refractivity contribution is 5.53. The summed E-state index contributed by atoms with van der Waals surface area (Å²) in [7, 11) is 0. The van der Waals surface area contributed by atoms with Crippen LogP contribution in [0.1, 0.15) is 37.7 Å². The molecule has 1 saturated heterocycles. The third-order valence-corrected chi connectivity index (χ3v) is 3.45. The number of nitrogens with zero attached hydrogens (tertiary/aromatic N) is 1. The van der Waals surface area contributed by atoms with Gasteiger partial charge >= 0.3 is 0 Å². The van der Waals surface area contributed by atoms with E-state index in [2.05, 4.69) is 4.90 Å². The number of rotatable bonds is 2. The molecule has 0 aliphatic carbocycles. The van der Waals surface area contributed by atoms with Crippen LogP contribution in [0.15, 0.2) is 18.2 Å². The lowest BCUT2D eigenvalue weighted by atomic mass is 10.1. The Bertz CT molecular complexity index is 357. The number of phenolic OH excluding ortho intramolecular Hbond substituents is 1. The Morgan fingerprint density at radius 3 is 2.35 bits per heavy atom. The molecule has 0 atom stereocenters. The largest absolute Gasteiger partial charge is 0.506 e. The molecule has 2 rings (SSSR count). The van der Waals surface area contributed by atoms with Gasteiger partial charge < -0.3 is 10.8 Å². The predicted octanol–water partition coefficient (Wildman–Crippen LogP) is 2.74. The molecule has 17 heavy (non-hydrogen) atoms. The van der Waals surface area contributed by atoms with Crippen LogP contribution in [0.25, 0.3) is 0 Å². The van der Waals surface area contributed by atoms with Crippen LogP contribution in [0, 0.1) is 0 Å². The van der Waals surface area contributed by atoms with Gasteiger partial charge in [-0.05, 0) is 43.6 Å². The van der Waals surface area contributed by atoms with E-state index >= 15 is 0 Å². The van der Waals surface area contributed by atoms with Gasteiger partial charge in [-0.2, -0.15) is 0 Å². The fourth-order valence-electron chi connectivity index (χ4n) is 2.43. The number of phenols is 1. The summed E-state index contributed by atoms with van der Waals surface area (Å²) in [5, 5.41) is 9.39. The van der Waals surface area contributed by atoms with Crippen molar-refractivity contribution < 1.29 is 5.11 Å². The molecule has 0 bridgehead atoms. The fraction of sp³-hybridized carbons (Fsp3) is 0.571. The first kappa shape index (κ1) is 12.2. The minimum atomic E-state index is 0.182. The third kappa shape index (κ3) is 3.63. The first-order valence-corrected chi connectivity index (χ1v) is 6.55. The van der Waals surface area contributed by atoms with Crippen molar-refractivity contribution in [3.63, 3.8) is 0 Å². The topological polar surface area (TPSA) is 49.5 Å². The van der Waals surface area contributed by atoms with Crippen LogP contribution in [0.2, 0.25) is 0 Å². The number of nitrogens with two attached hydrogens (primary N) is 1. The molecule has 0 unspecified atom stereocenters. The zero-order valence-electron chi connectivity index (χ0n) is 10.4. The highest BCUT2D eigenvalue weighted by Crippen LogP contribution is 2.22. The van der Waals surface area contributed by atoms with Gasteiger partial charge in [0.25, 0.3) is 0 Å². The number of benzene rings is 1. The summed E-state index contributed by atoms with van der Waals surface area (Å²) >= 11 is 0. The van der Waals surface area contributed by atoms with E-state index in [0.717, 1.165) is 6.54 Å². The highest BCUT2D eigenvalue weighted by atomic mass is 16.3. The van der Waals surface area contributed by atoms with Crippen molar-refractivity contribution in [2.75, 3.05) is 18.8 Å². The first-order valence-electron chi connectivity index (χ1n) is 6.55.